The number of nitrogens with two attached hydrogens (primary N) is 1. The summed E-state index contributed by atoms with van der Waals surface area (Å²) >= 11 is 0. The van der Waals surface area contributed by atoms with E-state index in [4.69, 9.17) is 10.8 Å². The molecule has 1 saturated heterocycles. The molecule has 1 unspecified atom stereocenters. The average molecular weight is 281 g/mol. The van der Waals surface area contributed by atoms with Crippen LogP contribution in [-0.4, -0.2) is 49.2 Å². The van der Waals surface area contributed by atoms with Crippen molar-refractivity contribution in [2.45, 2.75) is 18.9 Å². The van der Waals surface area contributed by atoms with Crippen LogP contribution in [-0.2, 0) is 0 Å². The summed E-state index contributed by atoms with van der Waals surface area (Å²) in [7, 11) is 3.82. The van der Waals surface area contributed by atoms with Gasteiger partial charge >= 0.3 is 5.97 Å². The third kappa shape index (κ3) is 2.85. The number of rotatable bonds is 4. The number of halogens is 1. The van der Waals surface area contributed by atoms with Crippen LogP contribution in [0.4, 0.5) is 15.8 Å². The largest absolute Gasteiger partial charge is 0.478 e. The maximum Gasteiger partial charge on any atom is 0.337 e. The van der Waals surface area contributed by atoms with Crippen LogP contribution in [0.25, 0.3) is 0 Å². The Labute approximate surface area is 117 Å². The zero-order valence-electron chi connectivity index (χ0n) is 11.8. The van der Waals surface area contributed by atoms with Gasteiger partial charge in [0.15, 0.2) is 0 Å². The molecule has 6 heteroatoms. The summed E-state index contributed by atoms with van der Waals surface area (Å²) in [4.78, 5) is 15.1. The van der Waals surface area contributed by atoms with E-state index < -0.39 is 11.8 Å². The Morgan fingerprint density at radius 1 is 1.60 bits per heavy atom. The third-order valence-electron chi connectivity index (χ3n) is 3.92. The van der Waals surface area contributed by atoms with Gasteiger partial charge in [0, 0.05) is 25.3 Å². The number of nitrogens with zero attached hydrogens (tertiary/aromatic N) is 2. The molecule has 1 atom stereocenters. The smallest absolute Gasteiger partial charge is 0.337 e. The van der Waals surface area contributed by atoms with Crippen molar-refractivity contribution < 1.29 is 14.3 Å². The van der Waals surface area contributed by atoms with Crippen LogP contribution in [0.2, 0.25) is 0 Å². The summed E-state index contributed by atoms with van der Waals surface area (Å²) in [6.07, 6.45) is 2.21. The first kappa shape index (κ1) is 14.6. The molecule has 1 aliphatic heterocycles. The molecule has 0 saturated carbocycles. The zero-order chi connectivity index (χ0) is 14.9. The van der Waals surface area contributed by atoms with Gasteiger partial charge in [0.25, 0.3) is 0 Å². The van der Waals surface area contributed by atoms with E-state index in [9.17, 15) is 9.18 Å². The maximum absolute atomic E-state index is 14.0. The number of likely N-dealkylation sites (tertiary alicyclic amines) is 1. The second-order valence-corrected chi connectivity index (χ2v) is 5.35. The molecular weight excluding hydrogens is 261 g/mol. The minimum Gasteiger partial charge on any atom is -0.478 e. The van der Waals surface area contributed by atoms with Gasteiger partial charge in [0.1, 0.15) is 5.82 Å². The van der Waals surface area contributed by atoms with Gasteiger partial charge in [-0.1, -0.05) is 0 Å². The molecule has 0 aliphatic carbocycles. The van der Waals surface area contributed by atoms with Crippen LogP contribution in [0.3, 0.4) is 0 Å². The second-order valence-electron chi connectivity index (χ2n) is 5.35. The molecule has 1 aliphatic rings. The predicted octanol–water partition coefficient (Wildman–Crippen LogP) is 1.64. The fourth-order valence-corrected chi connectivity index (χ4v) is 2.68. The van der Waals surface area contributed by atoms with Crippen LogP contribution in [0, 0.1) is 5.82 Å². The van der Waals surface area contributed by atoms with Gasteiger partial charge in [0.05, 0.1) is 11.3 Å². The predicted molar refractivity (Wildman–Crippen MR) is 76.7 cm³/mol. The second kappa shape index (κ2) is 5.66. The van der Waals surface area contributed by atoms with E-state index in [1.54, 1.807) is 11.9 Å². The average Bonchev–Trinajstić information content (AvgIpc) is 2.74. The molecule has 5 nitrogen and oxygen atoms in total. The number of carbonyl (C=O) groups is 1. The van der Waals surface area contributed by atoms with Gasteiger partial charge in [-0.2, -0.15) is 0 Å². The molecule has 1 heterocycles. The van der Waals surface area contributed by atoms with E-state index in [2.05, 4.69) is 4.90 Å². The Morgan fingerprint density at radius 2 is 2.30 bits per heavy atom. The molecule has 110 valence electrons. The molecule has 0 radical (unpaired) electrons. The van der Waals surface area contributed by atoms with Crippen molar-refractivity contribution >= 4 is 17.3 Å². The summed E-state index contributed by atoms with van der Waals surface area (Å²) in [5.74, 6) is -1.63. The first-order valence-electron chi connectivity index (χ1n) is 6.64. The summed E-state index contributed by atoms with van der Waals surface area (Å²) in [5, 5.41) is 9.06. The summed E-state index contributed by atoms with van der Waals surface area (Å²) in [6, 6.07) is 2.75. The monoisotopic (exact) mass is 281 g/mol. The van der Waals surface area contributed by atoms with Gasteiger partial charge < -0.3 is 20.6 Å². The Bertz CT molecular complexity index is 521. The number of hydrogen-bond acceptors (Lipinski definition) is 4. The standard InChI is InChI=1S/C14H20FN3O2/c1-17-5-3-4-9(17)8-18(2)13-6-10(14(19)20)12(16)7-11(13)15/h6-7,9H,3-5,8,16H2,1-2H3,(H,19,20). The van der Waals surface area contributed by atoms with E-state index in [0.29, 0.717) is 12.6 Å². The minimum atomic E-state index is -1.14. The lowest BCUT2D eigenvalue weighted by Gasteiger charge is -2.28. The Balaban J connectivity index is 2.22. The topological polar surface area (TPSA) is 69.8 Å². The first-order chi connectivity index (χ1) is 9.40. The van der Waals surface area contributed by atoms with Crippen LogP contribution >= 0.6 is 0 Å². The number of benzene rings is 1. The zero-order valence-corrected chi connectivity index (χ0v) is 11.8. The van der Waals surface area contributed by atoms with Gasteiger partial charge in [-0.15, -0.1) is 0 Å². The Hall–Kier alpha value is -1.82. The van der Waals surface area contributed by atoms with E-state index in [-0.39, 0.29) is 16.9 Å². The number of anilines is 2. The molecule has 0 bridgehead atoms. The van der Waals surface area contributed by atoms with Crippen LogP contribution < -0.4 is 10.6 Å². The van der Waals surface area contributed by atoms with Crippen molar-refractivity contribution in [2.24, 2.45) is 0 Å². The maximum atomic E-state index is 14.0. The lowest BCUT2D eigenvalue weighted by atomic mass is 10.1. The molecule has 0 spiro atoms. The van der Waals surface area contributed by atoms with Crippen molar-refractivity contribution in [2.75, 3.05) is 37.8 Å². The van der Waals surface area contributed by atoms with Crippen LogP contribution in [0.15, 0.2) is 12.1 Å². The minimum absolute atomic E-state index is 0.0508. The molecule has 1 aromatic carbocycles. The highest BCUT2D eigenvalue weighted by Crippen LogP contribution is 2.26. The van der Waals surface area contributed by atoms with Crippen LogP contribution in [0.5, 0.6) is 0 Å². The highest BCUT2D eigenvalue weighted by atomic mass is 19.1. The van der Waals surface area contributed by atoms with E-state index in [1.165, 1.54) is 6.07 Å². The van der Waals surface area contributed by atoms with Crippen molar-refractivity contribution in [3.63, 3.8) is 0 Å². The lowest BCUT2D eigenvalue weighted by Crippen LogP contribution is -2.37. The number of likely N-dealkylation sites (N-methyl/N-ethyl adjacent to an activating group) is 2. The van der Waals surface area contributed by atoms with Gasteiger partial charge in [-0.25, -0.2) is 9.18 Å². The fourth-order valence-electron chi connectivity index (χ4n) is 2.68. The molecule has 3 N–H and O–H groups in total. The fraction of sp³-hybridized carbons (Fsp3) is 0.500. The molecule has 1 aromatic rings. The highest BCUT2D eigenvalue weighted by Gasteiger charge is 2.24. The third-order valence-corrected chi connectivity index (χ3v) is 3.92. The van der Waals surface area contributed by atoms with E-state index in [0.717, 1.165) is 25.5 Å². The van der Waals surface area contributed by atoms with E-state index >= 15 is 0 Å². The number of aromatic carboxylic acids is 1. The molecule has 2 rings (SSSR count). The van der Waals surface area contributed by atoms with E-state index in [1.807, 2.05) is 7.05 Å². The first-order valence-corrected chi connectivity index (χ1v) is 6.64. The molecule has 0 aromatic heterocycles. The lowest BCUT2D eigenvalue weighted by molar-refractivity contribution is 0.0698. The highest BCUT2D eigenvalue weighted by molar-refractivity contribution is 5.95. The Morgan fingerprint density at radius 3 is 2.85 bits per heavy atom. The molecule has 20 heavy (non-hydrogen) atoms. The van der Waals surface area contributed by atoms with Gasteiger partial charge in [-0.3, -0.25) is 0 Å². The summed E-state index contributed by atoms with van der Waals surface area (Å²) in [6.45, 7) is 1.71. The molecular formula is C14H20FN3O2. The number of carboxylic acids is 1. The summed E-state index contributed by atoms with van der Waals surface area (Å²) in [5.41, 5.74) is 5.69. The van der Waals surface area contributed by atoms with Gasteiger partial charge in [-0.05, 0) is 38.6 Å². The summed E-state index contributed by atoms with van der Waals surface area (Å²) < 4.78 is 14.0. The SMILES string of the molecule is CN(CC1CCCN1C)c1cc(C(=O)O)c(N)cc1F. The van der Waals surface area contributed by atoms with Crippen molar-refractivity contribution in [1.29, 1.82) is 0 Å². The van der Waals surface area contributed by atoms with Crippen molar-refractivity contribution in [1.82, 2.24) is 4.90 Å². The number of nitrogen functional groups attached to an aromatic ring is 1. The van der Waals surface area contributed by atoms with Crippen LogP contribution in [0.1, 0.15) is 23.2 Å². The number of hydrogen-bond donors (Lipinski definition) is 2. The van der Waals surface area contributed by atoms with Crippen molar-refractivity contribution in [3.8, 4) is 0 Å². The quantitative estimate of drug-likeness (QED) is 0.821. The normalized spacial score (nSPS) is 19.2. The Kier molecular flexibility index (Phi) is 4.13. The molecule has 1 fully saturated rings. The number of carboxylic acid groups (broad SMARTS) is 1. The van der Waals surface area contributed by atoms with Crippen molar-refractivity contribution in [3.05, 3.63) is 23.5 Å². The van der Waals surface area contributed by atoms with Gasteiger partial charge in [0.2, 0.25) is 0 Å². The molecule has 0 amide bonds.